The van der Waals surface area contributed by atoms with Crippen molar-refractivity contribution in [2.75, 3.05) is 13.2 Å². The molecule has 0 aliphatic rings. The summed E-state index contributed by atoms with van der Waals surface area (Å²) in [6.45, 7) is 6.55. The van der Waals surface area contributed by atoms with Crippen LogP contribution in [-0.2, 0) is 28.6 Å². The van der Waals surface area contributed by atoms with Crippen molar-refractivity contribution in [1.82, 2.24) is 0 Å². The molecule has 0 aromatic carbocycles. The van der Waals surface area contributed by atoms with Gasteiger partial charge in [-0.3, -0.25) is 14.4 Å². The van der Waals surface area contributed by atoms with E-state index >= 15 is 0 Å². The Balaban J connectivity index is 4.24. The SMILES string of the molecule is CCCCCC/C=C\C/C=C\CCCCCCCC(=O)OC(COC(=O)CCCCCCCC)COC(=O)CCCCCCCCC/C=C\CCCCCCCCC. The van der Waals surface area contributed by atoms with E-state index < -0.39 is 6.10 Å². The van der Waals surface area contributed by atoms with E-state index in [0.717, 1.165) is 83.5 Å². The highest BCUT2D eigenvalue weighted by Crippen LogP contribution is 2.14. The summed E-state index contributed by atoms with van der Waals surface area (Å²) in [5.41, 5.74) is 0. The third-order valence-electron chi connectivity index (χ3n) is 10.9. The average Bonchev–Trinajstić information content (AvgIpc) is 3.22. The van der Waals surface area contributed by atoms with Crippen LogP contribution in [0.2, 0.25) is 0 Å². The van der Waals surface area contributed by atoms with E-state index in [1.54, 1.807) is 0 Å². The van der Waals surface area contributed by atoms with Crippen LogP contribution in [0.3, 0.4) is 0 Å². The predicted molar refractivity (Wildman–Crippen MR) is 247 cm³/mol. The summed E-state index contributed by atoms with van der Waals surface area (Å²) >= 11 is 0. The molecule has 0 rings (SSSR count). The molecule has 0 saturated heterocycles. The molecule has 1 unspecified atom stereocenters. The molecule has 0 spiro atoms. The molecule has 0 aliphatic heterocycles. The van der Waals surface area contributed by atoms with E-state index in [9.17, 15) is 14.4 Å². The Morgan fingerprint density at radius 2 is 0.621 bits per heavy atom. The number of ether oxygens (including phenoxy) is 3. The maximum absolute atomic E-state index is 12.7. The second kappa shape index (κ2) is 47.3. The highest BCUT2D eigenvalue weighted by atomic mass is 16.6. The summed E-state index contributed by atoms with van der Waals surface area (Å²) in [5, 5.41) is 0. The van der Waals surface area contributed by atoms with Crippen molar-refractivity contribution in [3.05, 3.63) is 36.5 Å². The lowest BCUT2D eigenvalue weighted by Crippen LogP contribution is -2.30. The number of rotatable bonds is 45. The fraction of sp³-hybridized carbons (Fsp3) is 0.827. The van der Waals surface area contributed by atoms with Gasteiger partial charge in [-0.1, -0.05) is 198 Å². The van der Waals surface area contributed by atoms with Crippen LogP contribution < -0.4 is 0 Å². The fourth-order valence-electron chi connectivity index (χ4n) is 7.05. The standard InChI is InChI=1S/C52H94O6/c1-4-7-10-13-16-18-20-22-24-26-27-29-30-32-34-36-39-42-45-51(54)57-48-49(47-56-50(53)44-41-38-15-12-9-6-3)58-52(55)46-43-40-37-35-33-31-28-25-23-21-19-17-14-11-8-5-2/h19,21,24-26,28,49H,4-18,20,22-23,27,29-48H2,1-3H3/b21-19-,26-24-,28-25-. The third-order valence-corrected chi connectivity index (χ3v) is 10.9. The monoisotopic (exact) mass is 815 g/mol. The van der Waals surface area contributed by atoms with Crippen molar-refractivity contribution in [2.24, 2.45) is 0 Å². The number of carbonyl (C=O) groups excluding carboxylic acids is 3. The molecule has 0 aromatic heterocycles. The van der Waals surface area contributed by atoms with Gasteiger partial charge in [0.25, 0.3) is 0 Å². The first kappa shape index (κ1) is 55.6. The zero-order chi connectivity index (χ0) is 42.3. The second-order valence-corrected chi connectivity index (χ2v) is 16.7. The number of carbonyl (C=O) groups is 3. The Hall–Kier alpha value is -2.37. The second-order valence-electron chi connectivity index (χ2n) is 16.7. The Morgan fingerprint density at radius 3 is 0.983 bits per heavy atom. The summed E-state index contributed by atoms with van der Waals surface area (Å²) in [4.78, 5) is 37.7. The Labute approximate surface area is 359 Å². The van der Waals surface area contributed by atoms with Gasteiger partial charge < -0.3 is 14.2 Å². The van der Waals surface area contributed by atoms with Gasteiger partial charge in [0.2, 0.25) is 0 Å². The van der Waals surface area contributed by atoms with Gasteiger partial charge in [-0.2, -0.15) is 0 Å². The largest absolute Gasteiger partial charge is 0.462 e. The maximum atomic E-state index is 12.7. The number of allylic oxidation sites excluding steroid dienone is 6. The van der Waals surface area contributed by atoms with Crippen molar-refractivity contribution in [3.8, 4) is 0 Å². The molecule has 6 heteroatoms. The fourth-order valence-corrected chi connectivity index (χ4v) is 7.05. The van der Waals surface area contributed by atoms with Gasteiger partial charge in [-0.05, 0) is 77.0 Å². The zero-order valence-electron chi connectivity index (χ0n) is 38.6. The average molecular weight is 815 g/mol. The van der Waals surface area contributed by atoms with Crippen molar-refractivity contribution in [2.45, 2.75) is 264 Å². The Bertz CT molecular complexity index is 984. The molecular weight excluding hydrogens is 721 g/mol. The molecule has 0 heterocycles. The van der Waals surface area contributed by atoms with Crippen molar-refractivity contribution in [3.63, 3.8) is 0 Å². The van der Waals surface area contributed by atoms with E-state index in [2.05, 4.69) is 57.2 Å². The van der Waals surface area contributed by atoms with E-state index in [0.29, 0.717) is 19.3 Å². The summed E-state index contributed by atoms with van der Waals surface area (Å²) in [6.07, 6.45) is 54.3. The molecule has 0 fully saturated rings. The van der Waals surface area contributed by atoms with Crippen LogP contribution in [0.5, 0.6) is 0 Å². The van der Waals surface area contributed by atoms with Gasteiger partial charge in [-0.25, -0.2) is 0 Å². The predicted octanol–water partition coefficient (Wildman–Crippen LogP) is 16.1. The van der Waals surface area contributed by atoms with Crippen molar-refractivity contribution < 1.29 is 28.6 Å². The van der Waals surface area contributed by atoms with E-state index in [1.165, 1.54) is 135 Å². The molecule has 58 heavy (non-hydrogen) atoms. The molecule has 1 atom stereocenters. The number of hydrogen-bond donors (Lipinski definition) is 0. The van der Waals surface area contributed by atoms with E-state index in [-0.39, 0.29) is 31.1 Å². The molecule has 338 valence electrons. The van der Waals surface area contributed by atoms with Gasteiger partial charge in [0.15, 0.2) is 6.10 Å². The third kappa shape index (κ3) is 44.7. The molecule has 0 saturated carbocycles. The molecule has 0 bridgehead atoms. The first-order valence-corrected chi connectivity index (χ1v) is 25.0. The van der Waals surface area contributed by atoms with Crippen LogP contribution in [0.1, 0.15) is 258 Å². The molecular formula is C52H94O6. The molecule has 0 N–H and O–H groups in total. The van der Waals surface area contributed by atoms with Crippen molar-refractivity contribution in [1.29, 1.82) is 0 Å². The lowest BCUT2D eigenvalue weighted by molar-refractivity contribution is -0.167. The van der Waals surface area contributed by atoms with Crippen LogP contribution in [-0.4, -0.2) is 37.2 Å². The quantitative estimate of drug-likeness (QED) is 0.0264. The summed E-state index contributed by atoms with van der Waals surface area (Å²) < 4.78 is 16.7. The normalized spacial score (nSPS) is 12.3. The highest BCUT2D eigenvalue weighted by Gasteiger charge is 2.19. The van der Waals surface area contributed by atoms with Crippen LogP contribution in [0.15, 0.2) is 36.5 Å². The van der Waals surface area contributed by atoms with E-state index in [4.69, 9.17) is 14.2 Å². The zero-order valence-corrected chi connectivity index (χ0v) is 38.6. The minimum absolute atomic E-state index is 0.0784. The van der Waals surface area contributed by atoms with Crippen LogP contribution >= 0.6 is 0 Å². The highest BCUT2D eigenvalue weighted by molar-refractivity contribution is 5.71. The van der Waals surface area contributed by atoms with Gasteiger partial charge in [-0.15, -0.1) is 0 Å². The lowest BCUT2D eigenvalue weighted by Gasteiger charge is -2.18. The lowest BCUT2D eigenvalue weighted by atomic mass is 10.1. The molecule has 0 radical (unpaired) electrons. The summed E-state index contributed by atoms with van der Waals surface area (Å²) in [6, 6.07) is 0. The number of esters is 3. The smallest absolute Gasteiger partial charge is 0.306 e. The number of hydrogen-bond acceptors (Lipinski definition) is 6. The van der Waals surface area contributed by atoms with Crippen LogP contribution in [0.4, 0.5) is 0 Å². The van der Waals surface area contributed by atoms with Gasteiger partial charge in [0.1, 0.15) is 13.2 Å². The summed E-state index contributed by atoms with van der Waals surface area (Å²) in [7, 11) is 0. The molecule has 0 amide bonds. The molecule has 0 aliphatic carbocycles. The maximum Gasteiger partial charge on any atom is 0.306 e. The molecule has 6 nitrogen and oxygen atoms in total. The number of unbranched alkanes of at least 4 members (excludes halogenated alkanes) is 28. The topological polar surface area (TPSA) is 78.9 Å². The van der Waals surface area contributed by atoms with Gasteiger partial charge in [0, 0.05) is 19.3 Å². The molecule has 0 aromatic rings. The van der Waals surface area contributed by atoms with Crippen molar-refractivity contribution >= 4 is 17.9 Å². The minimum atomic E-state index is -0.775. The minimum Gasteiger partial charge on any atom is -0.462 e. The Kier molecular flexibility index (Phi) is 45.4. The van der Waals surface area contributed by atoms with Crippen LogP contribution in [0.25, 0.3) is 0 Å². The van der Waals surface area contributed by atoms with Crippen LogP contribution in [0, 0.1) is 0 Å². The van der Waals surface area contributed by atoms with E-state index in [1.807, 2.05) is 0 Å². The van der Waals surface area contributed by atoms with Gasteiger partial charge >= 0.3 is 17.9 Å². The first-order chi connectivity index (χ1) is 28.5. The first-order valence-electron chi connectivity index (χ1n) is 25.0. The summed E-state index contributed by atoms with van der Waals surface area (Å²) in [5.74, 6) is -0.900. The Morgan fingerprint density at radius 1 is 0.345 bits per heavy atom. The van der Waals surface area contributed by atoms with Gasteiger partial charge in [0.05, 0.1) is 0 Å².